The fraction of sp³-hybridized carbons (Fsp3) is 0.333. The fourth-order valence-corrected chi connectivity index (χ4v) is 4.72. The molecule has 3 N–H and O–H groups in total. The SMILES string of the molecule is C[C@@H](C(=O)Nc1cc(Cl)c(F)cc1N)[C@H]1CC[C@@H](c2ccnc3ccc(F)cc32)CC1. The molecule has 4 nitrogen and oxygen atoms in total. The van der Waals surface area contributed by atoms with Crippen LogP contribution in [0, 0.1) is 23.5 Å². The third-order valence-corrected chi connectivity index (χ3v) is 6.71. The first-order valence-corrected chi connectivity index (χ1v) is 10.8. The molecule has 1 aromatic heterocycles. The quantitative estimate of drug-likeness (QED) is 0.465. The van der Waals surface area contributed by atoms with Gasteiger partial charge in [-0.1, -0.05) is 18.5 Å². The number of anilines is 2. The first-order chi connectivity index (χ1) is 14.8. The van der Waals surface area contributed by atoms with Crippen LogP contribution in [0.15, 0.2) is 42.6 Å². The molecule has 3 aromatic rings. The van der Waals surface area contributed by atoms with Gasteiger partial charge in [-0.15, -0.1) is 0 Å². The molecule has 1 fully saturated rings. The molecule has 162 valence electrons. The highest BCUT2D eigenvalue weighted by Crippen LogP contribution is 2.41. The number of aromatic nitrogens is 1. The van der Waals surface area contributed by atoms with Gasteiger partial charge in [0.05, 0.1) is 21.9 Å². The van der Waals surface area contributed by atoms with E-state index in [2.05, 4.69) is 10.3 Å². The highest BCUT2D eigenvalue weighted by Gasteiger charge is 2.30. The molecule has 1 saturated carbocycles. The van der Waals surface area contributed by atoms with E-state index < -0.39 is 5.82 Å². The van der Waals surface area contributed by atoms with Crippen LogP contribution in [0.1, 0.15) is 44.1 Å². The summed E-state index contributed by atoms with van der Waals surface area (Å²) in [6, 6.07) is 9.11. The van der Waals surface area contributed by atoms with Gasteiger partial charge in [0.15, 0.2) is 0 Å². The zero-order chi connectivity index (χ0) is 22.1. The average molecular weight is 444 g/mol. The first-order valence-electron chi connectivity index (χ1n) is 10.4. The molecule has 31 heavy (non-hydrogen) atoms. The number of pyridine rings is 1. The lowest BCUT2D eigenvalue weighted by Crippen LogP contribution is -2.30. The van der Waals surface area contributed by atoms with Crippen LogP contribution < -0.4 is 11.1 Å². The largest absolute Gasteiger partial charge is 0.397 e. The van der Waals surface area contributed by atoms with Crippen LogP contribution in [-0.2, 0) is 4.79 Å². The molecule has 0 bridgehead atoms. The Labute approximate surface area is 184 Å². The number of fused-ring (bicyclic) bond motifs is 1. The topological polar surface area (TPSA) is 68.0 Å². The Balaban J connectivity index is 1.42. The Morgan fingerprint density at radius 1 is 1.16 bits per heavy atom. The second kappa shape index (κ2) is 8.79. The van der Waals surface area contributed by atoms with Crippen molar-refractivity contribution in [1.82, 2.24) is 4.98 Å². The molecule has 2 aromatic carbocycles. The zero-order valence-corrected chi connectivity index (χ0v) is 17.9. The molecule has 1 heterocycles. The maximum atomic E-state index is 13.8. The number of hydrogen-bond donors (Lipinski definition) is 2. The lowest BCUT2D eigenvalue weighted by molar-refractivity contribution is -0.121. The highest BCUT2D eigenvalue weighted by atomic mass is 35.5. The van der Waals surface area contributed by atoms with Gasteiger partial charge in [0.1, 0.15) is 11.6 Å². The van der Waals surface area contributed by atoms with Crippen molar-refractivity contribution in [2.24, 2.45) is 11.8 Å². The predicted molar refractivity (Wildman–Crippen MR) is 120 cm³/mol. The number of benzene rings is 2. The van der Waals surface area contributed by atoms with Gasteiger partial charge in [-0.05, 0) is 73.4 Å². The van der Waals surface area contributed by atoms with Crippen LogP contribution in [-0.4, -0.2) is 10.9 Å². The van der Waals surface area contributed by atoms with Crippen molar-refractivity contribution in [3.8, 4) is 0 Å². The Kier molecular flexibility index (Phi) is 6.10. The van der Waals surface area contributed by atoms with Gasteiger partial charge in [0.2, 0.25) is 5.91 Å². The molecule has 0 radical (unpaired) electrons. The summed E-state index contributed by atoms with van der Waals surface area (Å²) in [6.07, 6.45) is 5.39. The second-order valence-electron chi connectivity index (χ2n) is 8.30. The molecule has 1 aliphatic carbocycles. The number of nitrogens with two attached hydrogens (primary N) is 1. The number of amides is 1. The summed E-state index contributed by atoms with van der Waals surface area (Å²) in [4.78, 5) is 17.1. The van der Waals surface area contributed by atoms with Crippen molar-refractivity contribution in [3.05, 3.63) is 64.8 Å². The van der Waals surface area contributed by atoms with E-state index in [4.69, 9.17) is 17.3 Å². The third-order valence-electron chi connectivity index (χ3n) is 6.42. The minimum Gasteiger partial charge on any atom is -0.397 e. The molecule has 1 amide bonds. The third kappa shape index (κ3) is 4.49. The normalized spacial score (nSPS) is 19.9. The Bertz CT molecular complexity index is 1130. The average Bonchev–Trinajstić information content (AvgIpc) is 2.76. The van der Waals surface area contributed by atoms with Gasteiger partial charge in [0, 0.05) is 23.6 Å². The summed E-state index contributed by atoms with van der Waals surface area (Å²) in [6.45, 7) is 1.90. The van der Waals surface area contributed by atoms with Crippen molar-refractivity contribution in [1.29, 1.82) is 0 Å². The molecule has 4 rings (SSSR count). The lowest BCUT2D eigenvalue weighted by Gasteiger charge is -2.32. The van der Waals surface area contributed by atoms with Crippen LogP contribution in [0.25, 0.3) is 10.9 Å². The summed E-state index contributed by atoms with van der Waals surface area (Å²) in [5, 5.41) is 3.56. The number of rotatable bonds is 4. The molecule has 7 heteroatoms. The molecular formula is C24H24ClF2N3O. The lowest BCUT2D eigenvalue weighted by atomic mass is 9.73. The van der Waals surface area contributed by atoms with Gasteiger partial charge in [0.25, 0.3) is 0 Å². The van der Waals surface area contributed by atoms with Crippen LogP contribution >= 0.6 is 11.6 Å². The van der Waals surface area contributed by atoms with Crippen molar-refractivity contribution in [2.45, 2.75) is 38.5 Å². The van der Waals surface area contributed by atoms with Crippen molar-refractivity contribution in [3.63, 3.8) is 0 Å². The van der Waals surface area contributed by atoms with Gasteiger partial charge in [-0.25, -0.2) is 8.78 Å². The van der Waals surface area contributed by atoms with E-state index in [9.17, 15) is 13.6 Å². The Morgan fingerprint density at radius 3 is 2.65 bits per heavy atom. The van der Waals surface area contributed by atoms with Gasteiger partial charge >= 0.3 is 0 Å². The Morgan fingerprint density at radius 2 is 1.90 bits per heavy atom. The first kappa shape index (κ1) is 21.5. The smallest absolute Gasteiger partial charge is 0.227 e. The minimum atomic E-state index is -0.618. The standard InChI is InChI=1S/C24H24ClF2N3O/c1-13(24(31)30-23-11-19(25)20(27)12-21(23)28)14-2-4-15(5-3-14)17-8-9-29-22-7-6-16(26)10-18(17)22/h6-15H,2-5,28H2,1H3,(H,30,31)/t13-,14-,15+/m1/s1. The summed E-state index contributed by atoms with van der Waals surface area (Å²) < 4.78 is 27.3. The zero-order valence-electron chi connectivity index (χ0n) is 17.2. The van der Waals surface area contributed by atoms with Crippen LogP contribution in [0.2, 0.25) is 5.02 Å². The summed E-state index contributed by atoms with van der Waals surface area (Å²) in [5.74, 6) is -0.735. The molecule has 0 saturated heterocycles. The van der Waals surface area contributed by atoms with Crippen molar-refractivity contribution in [2.75, 3.05) is 11.1 Å². The van der Waals surface area contributed by atoms with E-state index in [-0.39, 0.29) is 34.3 Å². The van der Waals surface area contributed by atoms with Gasteiger partial charge in [-0.3, -0.25) is 9.78 Å². The second-order valence-corrected chi connectivity index (χ2v) is 8.71. The van der Waals surface area contributed by atoms with Gasteiger partial charge < -0.3 is 11.1 Å². The van der Waals surface area contributed by atoms with Gasteiger partial charge in [-0.2, -0.15) is 0 Å². The number of carbonyl (C=O) groups is 1. The summed E-state index contributed by atoms with van der Waals surface area (Å²) >= 11 is 5.81. The summed E-state index contributed by atoms with van der Waals surface area (Å²) in [5.41, 5.74) is 8.19. The fourth-order valence-electron chi connectivity index (χ4n) is 4.56. The van der Waals surface area contributed by atoms with E-state index >= 15 is 0 Å². The van der Waals surface area contributed by atoms with Crippen molar-refractivity contribution >= 4 is 39.8 Å². The molecule has 0 aliphatic heterocycles. The maximum Gasteiger partial charge on any atom is 0.227 e. The van der Waals surface area contributed by atoms with E-state index in [0.29, 0.717) is 11.6 Å². The summed E-state index contributed by atoms with van der Waals surface area (Å²) in [7, 11) is 0. The number of nitrogens with one attached hydrogen (secondary N) is 1. The number of halogens is 3. The molecule has 0 unspecified atom stereocenters. The number of nitrogen functional groups attached to an aromatic ring is 1. The molecule has 0 spiro atoms. The van der Waals surface area contributed by atoms with E-state index in [0.717, 1.165) is 48.2 Å². The Hall–Kier alpha value is -2.73. The maximum absolute atomic E-state index is 13.8. The van der Waals surface area contributed by atoms with Crippen LogP contribution in [0.4, 0.5) is 20.2 Å². The van der Waals surface area contributed by atoms with Crippen molar-refractivity contribution < 1.29 is 13.6 Å². The molecule has 1 atom stereocenters. The van der Waals surface area contributed by atoms with E-state index in [1.165, 1.54) is 12.1 Å². The minimum absolute atomic E-state index is 0.0846. The van der Waals surface area contributed by atoms with Crippen LogP contribution in [0.5, 0.6) is 0 Å². The molecule has 1 aliphatic rings. The number of nitrogens with zero attached hydrogens (tertiary/aromatic N) is 1. The van der Waals surface area contributed by atoms with E-state index in [1.807, 2.05) is 13.0 Å². The predicted octanol–water partition coefficient (Wildman–Crippen LogP) is 6.30. The number of hydrogen-bond acceptors (Lipinski definition) is 3. The highest BCUT2D eigenvalue weighted by molar-refractivity contribution is 6.31. The van der Waals surface area contributed by atoms with E-state index in [1.54, 1.807) is 18.3 Å². The van der Waals surface area contributed by atoms with Crippen LogP contribution in [0.3, 0.4) is 0 Å². The monoisotopic (exact) mass is 443 g/mol. The molecular weight excluding hydrogens is 420 g/mol. The number of carbonyl (C=O) groups excluding carboxylic acids is 1.